The van der Waals surface area contributed by atoms with Crippen LogP contribution in [0.1, 0.15) is 0 Å². The van der Waals surface area contributed by atoms with Crippen LogP contribution in [0.2, 0.25) is 5.02 Å². The third-order valence-electron chi connectivity index (χ3n) is 1.03. The van der Waals surface area contributed by atoms with Gasteiger partial charge in [0.25, 0.3) is 0 Å². The summed E-state index contributed by atoms with van der Waals surface area (Å²) >= 11 is 5.37. The molecule has 0 heterocycles. The van der Waals surface area contributed by atoms with E-state index in [4.69, 9.17) is 17.5 Å². The molecule has 2 N–H and O–H groups in total. The Labute approximate surface area is 62.3 Å². The highest BCUT2D eigenvalue weighted by Gasteiger charge is 1.99. The predicted molar refractivity (Wildman–Crippen MR) is 36.2 cm³/mol. The van der Waals surface area contributed by atoms with Crippen molar-refractivity contribution in [1.82, 2.24) is 0 Å². The molecule has 0 amide bonds. The fourth-order valence-electron chi connectivity index (χ4n) is 0.550. The van der Waals surface area contributed by atoms with Gasteiger partial charge in [0, 0.05) is 6.07 Å². The molecule has 0 spiro atoms. The monoisotopic (exact) mass is 161 g/mol. The molecule has 0 unspecified atom stereocenters. The van der Waals surface area contributed by atoms with Crippen LogP contribution in [-0.2, 0) is 0 Å². The third-order valence-corrected chi connectivity index (χ3v) is 1.33. The topological polar surface area (TPSA) is 35.2 Å². The lowest BCUT2D eigenvalue weighted by atomic mass is 10.3. The minimum atomic E-state index is -0.537. The van der Waals surface area contributed by atoms with Gasteiger partial charge in [0.05, 0.1) is 5.02 Å². The van der Waals surface area contributed by atoms with Crippen molar-refractivity contribution in [2.24, 2.45) is 5.90 Å². The van der Waals surface area contributed by atoms with Crippen molar-refractivity contribution in [3.05, 3.63) is 29.0 Å². The van der Waals surface area contributed by atoms with Crippen molar-refractivity contribution in [2.75, 3.05) is 0 Å². The third kappa shape index (κ3) is 1.37. The van der Waals surface area contributed by atoms with Crippen LogP contribution in [0.25, 0.3) is 0 Å². The Hall–Kier alpha value is -0.800. The number of nitrogens with two attached hydrogens (primary N) is 1. The molecule has 0 aliphatic heterocycles. The highest BCUT2D eigenvalue weighted by Crippen LogP contribution is 2.19. The summed E-state index contributed by atoms with van der Waals surface area (Å²) in [7, 11) is 0. The van der Waals surface area contributed by atoms with E-state index in [1.807, 2.05) is 0 Å². The van der Waals surface area contributed by atoms with Crippen LogP contribution in [0.4, 0.5) is 4.39 Å². The van der Waals surface area contributed by atoms with Crippen molar-refractivity contribution in [3.63, 3.8) is 0 Å². The van der Waals surface area contributed by atoms with Gasteiger partial charge in [0.2, 0.25) is 0 Å². The molecule has 4 heteroatoms. The van der Waals surface area contributed by atoms with E-state index in [-0.39, 0.29) is 10.8 Å². The Balaban J connectivity index is 3.04. The first kappa shape index (κ1) is 7.31. The van der Waals surface area contributed by atoms with Gasteiger partial charge in [-0.1, -0.05) is 11.6 Å². The zero-order valence-electron chi connectivity index (χ0n) is 4.97. The number of halogens is 2. The SMILES string of the molecule is NOc1ccc(Cl)c(F)c1. The minimum absolute atomic E-state index is 0.0563. The van der Waals surface area contributed by atoms with Gasteiger partial charge in [-0.15, -0.1) is 0 Å². The molecule has 0 fully saturated rings. The van der Waals surface area contributed by atoms with Crippen LogP contribution in [0.5, 0.6) is 5.75 Å². The van der Waals surface area contributed by atoms with Gasteiger partial charge >= 0.3 is 0 Å². The summed E-state index contributed by atoms with van der Waals surface area (Å²) < 4.78 is 12.5. The molecule has 0 atom stereocenters. The van der Waals surface area contributed by atoms with Crippen molar-refractivity contribution in [2.45, 2.75) is 0 Å². The van der Waals surface area contributed by atoms with Crippen molar-refractivity contribution < 1.29 is 9.23 Å². The maximum absolute atomic E-state index is 12.5. The zero-order chi connectivity index (χ0) is 7.56. The van der Waals surface area contributed by atoms with E-state index in [2.05, 4.69) is 4.84 Å². The Kier molecular flexibility index (Phi) is 2.09. The Morgan fingerprint density at radius 1 is 1.50 bits per heavy atom. The lowest BCUT2D eigenvalue weighted by molar-refractivity contribution is 0.332. The van der Waals surface area contributed by atoms with Crippen LogP contribution < -0.4 is 10.7 Å². The van der Waals surface area contributed by atoms with Gasteiger partial charge in [-0.25, -0.2) is 4.39 Å². The van der Waals surface area contributed by atoms with Crippen LogP contribution >= 0.6 is 11.6 Å². The first-order chi connectivity index (χ1) is 4.74. The molecule has 0 aliphatic carbocycles. The van der Waals surface area contributed by atoms with E-state index >= 15 is 0 Å². The van der Waals surface area contributed by atoms with Crippen LogP contribution in [0.15, 0.2) is 18.2 Å². The van der Waals surface area contributed by atoms with Gasteiger partial charge in [-0.3, -0.25) is 0 Å². The summed E-state index contributed by atoms with van der Waals surface area (Å²) in [4.78, 5) is 4.25. The maximum Gasteiger partial charge on any atom is 0.149 e. The van der Waals surface area contributed by atoms with E-state index in [0.717, 1.165) is 6.07 Å². The Morgan fingerprint density at radius 3 is 2.70 bits per heavy atom. The first-order valence-corrected chi connectivity index (χ1v) is 2.93. The largest absolute Gasteiger partial charge is 0.411 e. The molecule has 0 saturated heterocycles. The van der Waals surface area contributed by atoms with E-state index in [1.165, 1.54) is 12.1 Å². The van der Waals surface area contributed by atoms with Crippen LogP contribution in [-0.4, -0.2) is 0 Å². The van der Waals surface area contributed by atoms with E-state index in [9.17, 15) is 4.39 Å². The fourth-order valence-corrected chi connectivity index (χ4v) is 0.668. The normalized spacial score (nSPS) is 9.50. The highest BCUT2D eigenvalue weighted by molar-refractivity contribution is 6.30. The quantitative estimate of drug-likeness (QED) is 0.637. The second kappa shape index (κ2) is 2.86. The van der Waals surface area contributed by atoms with E-state index < -0.39 is 5.82 Å². The second-order valence-electron chi connectivity index (χ2n) is 1.69. The smallest absolute Gasteiger partial charge is 0.149 e. The van der Waals surface area contributed by atoms with Gasteiger partial charge < -0.3 is 4.84 Å². The minimum Gasteiger partial charge on any atom is -0.411 e. The van der Waals surface area contributed by atoms with Gasteiger partial charge in [-0.05, 0) is 12.1 Å². The van der Waals surface area contributed by atoms with Crippen molar-refractivity contribution in [1.29, 1.82) is 0 Å². The molecule has 1 aromatic rings. The standard InChI is InChI=1S/C6H5ClFNO/c7-5-2-1-4(10-9)3-6(5)8/h1-3H,9H2. The summed E-state index contributed by atoms with van der Waals surface area (Å²) in [6, 6.07) is 3.97. The molecular formula is C6H5ClFNO. The second-order valence-corrected chi connectivity index (χ2v) is 2.10. The summed E-state index contributed by atoms with van der Waals surface area (Å²) in [6.45, 7) is 0. The van der Waals surface area contributed by atoms with Crippen molar-refractivity contribution in [3.8, 4) is 5.75 Å². The molecule has 1 aromatic carbocycles. The molecular weight excluding hydrogens is 157 g/mol. The molecule has 0 aromatic heterocycles. The summed E-state index contributed by atoms with van der Waals surface area (Å²) in [5.74, 6) is 4.47. The zero-order valence-corrected chi connectivity index (χ0v) is 5.73. The van der Waals surface area contributed by atoms with Gasteiger partial charge in [0.1, 0.15) is 11.6 Å². The molecule has 0 aliphatic rings. The average molecular weight is 162 g/mol. The number of benzene rings is 1. The first-order valence-electron chi connectivity index (χ1n) is 2.56. The summed E-state index contributed by atoms with van der Waals surface area (Å²) in [6.07, 6.45) is 0. The van der Waals surface area contributed by atoms with Gasteiger partial charge in [0.15, 0.2) is 0 Å². The lowest BCUT2D eigenvalue weighted by Crippen LogP contribution is -2.01. The average Bonchev–Trinajstić information content (AvgIpc) is 1.95. The number of rotatable bonds is 1. The fraction of sp³-hybridized carbons (Fsp3) is 0. The lowest BCUT2D eigenvalue weighted by Gasteiger charge is -1.97. The molecule has 0 bridgehead atoms. The van der Waals surface area contributed by atoms with E-state index in [0.29, 0.717) is 0 Å². The van der Waals surface area contributed by atoms with E-state index in [1.54, 1.807) is 0 Å². The number of hydrogen-bond acceptors (Lipinski definition) is 2. The highest BCUT2D eigenvalue weighted by atomic mass is 35.5. The van der Waals surface area contributed by atoms with Crippen LogP contribution in [0.3, 0.4) is 0 Å². The molecule has 10 heavy (non-hydrogen) atoms. The summed E-state index contributed by atoms with van der Waals surface area (Å²) in [5, 5.41) is 0.0563. The molecule has 0 radical (unpaired) electrons. The molecule has 2 nitrogen and oxygen atoms in total. The Morgan fingerprint density at radius 2 is 2.20 bits per heavy atom. The van der Waals surface area contributed by atoms with Gasteiger partial charge in [-0.2, -0.15) is 5.90 Å². The Bertz CT molecular complexity index is 241. The maximum atomic E-state index is 12.5. The van der Waals surface area contributed by atoms with Crippen molar-refractivity contribution >= 4 is 11.6 Å². The molecule has 0 saturated carbocycles. The molecule has 54 valence electrons. The summed E-state index contributed by atoms with van der Waals surface area (Å²) in [5.41, 5.74) is 0. The number of hydrogen-bond donors (Lipinski definition) is 1. The molecule has 1 rings (SSSR count). The van der Waals surface area contributed by atoms with Crippen LogP contribution in [0, 0.1) is 5.82 Å². The predicted octanol–water partition coefficient (Wildman–Crippen LogP) is 1.73.